The molecule has 0 radical (unpaired) electrons. The Labute approximate surface area is 122 Å². The third-order valence-electron chi connectivity index (χ3n) is 2.28. The standard InChI is InChI=1S/C11H10N6OS2/c12-7-4-8(13)15-11(14-7)20-5-9-16-10(18-17-9)6-2-1-3-19-6/h1-4H,5H2,(H4,12,13,14,15). The molecular weight excluding hydrogens is 296 g/mol. The van der Waals surface area contributed by atoms with Crippen molar-refractivity contribution in [3.63, 3.8) is 0 Å². The van der Waals surface area contributed by atoms with E-state index in [2.05, 4.69) is 20.1 Å². The number of hydrogen-bond donors (Lipinski definition) is 2. The van der Waals surface area contributed by atoms with E-state index in [0.717, 1.165) is 4.88 Å². The number of nitrogens with two attached hydrogens (primary N) is 2. The molecule has 7 nitrogen and oxygen atoms in total. The molecule has 0 aliphatic carbocycles. The summed E-state index contributed by atoms with van der Waals surface area (Å²) in [5.41, 5.74) is 11.2. The van der Waals surface area contributed by atoms with Crippen molar-refractivity contribution >= 4 is 34.7 Å². The summed E-state index contributed by atoms with van der Waals surface area (Å²) in [5, 5.41) is 6.36. The van der Waals surface area contributed by atoms with Gasteiger partial charge in [-0.2, -0.15) is 4.98 Å². The summed E-state index contributed by atoms with van der Waals surface area (Å²) in [7, 11) is 0. The van der Waals surface area contributed by atoms with Gasteiger partial charge in [0.25, 0.3) is 5.89 Å². The molecule has 3 heterocycles. The molecule has 0 spiro atoms. The molecule has 0 saturated carbocycles. The van der Waals surface area contributed by atoms with Gasteiger partial charge < -0.3 is 16.0 Å². The molecule has 0 aliphatic heterocycles. The Morgan fingerprint density at radius 3 is 2.70 bits per heavy atom. The summed E-state index contributed by atoms with van der Waals surface area (Å²) in [5.74, 6) is 2.25. The lowest BCUT2D eigenvalue weighted by molar-refractivity contribution is 0.426. The number of hydrogen-bond acceptors (Lipinski definition) is 9. The van der Waals surface area contributed by atoms with Crippen LogP contribution in [0.2, 0.25) is 0 Å². The fraction of sp³-hybridized carbons (Fsp3) is 0.0909. The van der Waals surface area contributed by atoms with Crippen LogP contribution in [0.25, 0.3) is 10.8 Å². The molecule has 0 fully saturated rings. The van der Waals surface area contributed by atoms with E-state index < -0.39 is 0 Å². The minimum atomic E-state index is 0.340. The van der Waals surface area contributed by atoms with E-state index in [-0.39, 0.29) is 0 Å². The van der Waals surface area contributed by atoms with Crippen molar-refractivity contribution in [3.8, 4) is 10.8 Å². The van der Waals surface area contributed by atoms with Gasteiger partial charge in [0.1, 0.15) is 11.6 Å². The molecule has 0 unspecified atom stereocenters. The molecular formula is C11H10N6OS2. The first-order valence-corrected chi connectivity index (χ1v) is 7.46. The van der Waals surface area contributed by atoms with E-state index in [1.165, 1.54) is 17.8 Å². The van der Waals surface area contributed by atoms with Crippen molar-refractivity contribution < 1.29 is 4.52 Å². The Kier molecular flexibility index (Phi) is 3.52. The van der Waals surface area contributed by atoms with Crippen LogP contribution in [-0.2, 0) is 5.75 Å². The van der Waals surface area contributed by atoms with Crippen LogP contribution in [0, 0.1) is 0 Å². The Hall–Kier alpha value is -2.13. The molecule has 0 bridgehead atoms. The minimum absolute atomic E-state index is 0.340. The normalized spacial score (nSPS) is 10.8. The lowest BCUT2D eigenvalue weighted by atomic mass is 10.5. The van der Waals surface area contributed by atoms with Crippen molar-refractivity contribution in [2.24, 2.45) is 0 Å². The monoisotopic (exact) mass is 306 g/mol. The molecule has 20 heavy (non-hydrogen) atoms. The maximum Gasteiger partial charge on any atom is 0.268 e. The first kappa shape index (κ1) is 12.9. The Balaban J connectivity index is 1.69. The van der Waals surface area contributed by atoms with Crippen LogP contribution >= 0.6 is 23.1 Å². The Morgan fingerprint density at radius 1 is 1.20 bits per heavy atom. The van der Waals surface area contributed by atoms with E-state index >= 15 is 0 Å². The summed E-state index contributed by atoms with van der Waals surface area (Å²) in [6.45, 7) is 0. The highest BCUT2D eigenvalue weighted by Crippen LogP contribution is 2.25. The van der Waals surface area contributed by atoms with Crippen molar-refractivity contribution in [2.45, 2.75) is 10.9 Å². The third-order valence-corrected chi connectivity index (χ3v) is 3.98. The SMILES string of the molecule is Nc1cc(N)nc(SCc2noc(-c3cccs3)n2)n1. The molecule has 3 aromatic rings. The summed E-state index contributed by atoms with van der Waals surface area (Å²) >= 11 is 2.90. The predicted octanol–water partition coefficient (Wildman–Crippen LogP) is 2.04. The van der Waals surface area contributed by atoms with Gasteiger partial charge in [0.05, 0.1) is 10.6 Å². The summed E-state index contributed by atoms with van der Waals surface area (Å²) < 4.78 is 5.19. The molecule has 9 heteroatoms. The molecule has 0 aromatic carbocycles. The van der Waals surface area contributed by atoms with Gasteiger partial charge in [0, 0.05) is 6.07 Å². The van der Waals surface area contributed by atoms with Crippen molar-refractivity contribution in [2.75, 3.05) is 11.5 Å². The zero-order chi connectivity index (χ0) is 13.9. The lowest BCUT2D eigenvalue weighted by Gasteiger charge is -2.00. The van der Waals surface area contributed by atoms with E-state index in [9.17, 15) is 0 Å². The van der Waals surface area contributed by atoms with Gasteiger partial charge in [0.2, 0.25) is 0 Å². The van der Waals surface area contributed by atoms with Crippen LogP contribution in [0.5, 0.6) is 0 Å². The first-order valence-electron chi connectivity index (χ1n) is 5.60. The van der Waals surface area contributed by atoms with Crippen LogP contribution < -0.4 is 11.5 Å². The zero-order valence-corrected chi connectivity index (χ0v) is 11.8. The summed E-state index contributed by atoms with van der Waals surface area (Å²) in [6.07, 6.45) is 0. The Bertz CT molecular complexity index is 691. The topological polar surface area (TPSA) is 117 Å². The van der Waals surface area contributed by atoms with Gasteiger partial charge in [-0.05, 0) is 11.4 Å². The Morgan fingerprint density at radius 2 is 2.00 bits per heavy atom. The number of thiophene rings is 1. The number of thioether (sulfide) groups is 1. The van der Waals surface area contributed by atoms with Crippen LogP contribution in [-0.4, -0.2) is 20.1 Å². The smallest absolute Gasteiger partial charge is 0.268 e. The van der Waals surface area contributed by atoms with Gasteiger partial charge >= 0.3 is 0 Å². The van der Waals surface area contributed by atoms with Gasteiger partial charge in [-0.15, -0.1) is 11.3 Å². The zero-order valence-electron chi connectivity index (χ0n) is 10.2. The minimum Gasteiger partial charge on any atom is -0.383 e. The number of rotatable bonds is 4. The van der Waals surface area contributed by atoms with Crippen molar-refractivity contribution in [3.05, 3.63) is 29.4 Å². The molecule has 4 N–H and O–H groups in total. The highest BCUT2D eigenvalue weighted by Gasteiger charge is 2.11. The quantitative estimate of drug-likeness (QED) is 0.555. The van der Waals surface area contributed by atoms with Gasteiger partial charge in [-0.25, -0.2) is 9.97 Å². The molecule has 0 aliphatic rings. The molecule has 0 saturated heterocycles. The predicted molar refractivity (Wildman–Crippen MR) is 78.0 cm³/mol. The second kappa shape index (κ2) is 5.47. The van der Waals surface area contributed by atoms with Crippen LogP contribution in [0.3, 0.4) is 0 Å². The maximum absolute atomic E-state index is 5.60. The van der Waals surface area contributed by atoms with Gasteiger partial charge in [-0.3, -0.25) is 0 Å². The molecule has 3 aromatic heterocycles. The highest BCUT2D eigenvalue weighted by atomic mass is 32.2. The average molecular weight is 306 g/mol. The van der Waals surface area contributed by atoms with Crippen LogP contribution in [0.15, 0.2) is 33.3 Å². The summed E-state index contributed by atoms with van der Waals surface area (Å²) in [4.78, 5) is 13.4. The molecule has 102 valence electrons. The van der Waals surface area contributed by atoms with E-state index in [1.54, 1.807) is 11.3 Å². The number of anilines is 2. The third kappa shape index (κ3) is 2.89. The summed E-state index contributed by atoms with van der Waals surface area (Å²) in [6, 6.07) is 5.37. The highest BCUT2D eigenvalue weighted by molar-refractivity contribution is 7.98. The first-order chi connectivity index (χ1) is 9.70. The number of nitrogens with zero attached hydrogens (tertiary/aromatic N) is 4. The number of aromatic nitrogens is 4. The molecule has 0 amide bonds. The largest absolute Gasteiger partial charge is 0.383 e. The van der Waals surface area contributed by atoms with Crippen molar-refractivity contribution in [1.29, 1.82) is 0 Å². The van der Waals surface area contributed by atoms with Gasteiger partial charge in [-0.1, -0.05) is 23.0 Å². The fourth-order valence-corrected chi connectivity index (χ4v) is 2.83. The molecule has 0 atom stereocenters. The van der Waals surface area contributed by atoms with Crippen LogP contribution in [0.4, 0.5) is 11.6 Å². The van der Waals surface area contributed by atoms with Gasteiger partial charge in [0.15, 0.2) is 11.0 Å². The van der Waals surface area contributed by atoms with E-state index in [1.807, 2.05) is 17.5 Å². The lowest BCUT2D eigenvalue weighted by Crippen LogP contribution is -1.99. The number of nitrogen functional groups attached to an aromatic ring is 2. The van der Waals surface area contributed by atoms with E-state index in [4.69, 9.17) is 16.0 Å². The van der Waals surface area contributed by atoms with E-state index in [0.29, 0.717) is 34.3 Å². The van der Waals surface area contributed by atoms with Crippen molar-refractivity contribution in [1.82, 2.24) is 20.1 Å². The van der Waals surface area contributed by atoms with Crippen LogP contribution in [0.1, 0.15) is 5.82 Å². The second-order valence-electron chi connectivity index (χ2n) is 3.78. The fourth-order valence-electron chi connectivity index (χ4n) is 1.47. The average Bonchev–Trinajstić information content (AvgIpc) is 3.06. The second-order valence-corrected chi connectivity index (χ2v) is 5.67. The maximum atomic E-state index is 5.60. The molecule has 3 rings (SSSR count).